The van der Waals surface area contributed by atoms with Gasteiger partial charge in [0, 0.05) is 39.5 Å². The largest absolute Gasteiger partial charge is 0.465 e. The molecule has 0 aliphatic carbocycles. The van der Waals surface area contributed by atoms with E-state index in [-0.39, 0.29) is 35.7 Å². The van der Waals surface area contributed by atoms with Gasteiger partial charge in [-0.25, -0.2) is 19.6 Å². The van der Waals surface area contributed by atoms with E-state index in [0.717, 1.165) is 65.1 Å². The molecule has 4 atom stereocenters. The van der Waals surface area contributed by atoms with Gasteiger partial charge < -0.3 is 49.7 Å². The van der Waals surface area contributed by atoms with Gasteiger partial charge >= 0.3 is 12.2 Å². The number of amides is 4. The average molecular weight is 809 g/mol. The molecule has 2 aromatic heterocycles. The van der Waals surface area contributed by atoms with Crippen LogP contribution in [0.2, 0.25) is 0 Å². The molecule has 0 radical (unpaired) electrons. The summed E-state index contributed by atoms with van der Waals surface area (Å²) in [7, 11) is 1.30. The highest BCUT2D eigenvalue weighted by Crippen LogP contribution is 2.36. The Morgan fingerprint density at radius 2 is 1.07 bits per heavy atom. The van der Waals surface area contributed by atoms with Crippen molar-refractivity contribution in [3.8, 4) is 33.6 Å². The highest BCUT2D eigenvalue weighted by Gasteiger charge is 2.41. The van der Waals surface area contributed by atoms with Gasteiger partial charge in [-0.15, -0.1) is 0 Å². The van der Waals surface area contributed by atoms with Gasteiger partial charge in [0.2, 0.25) is 11.8 Å². The zero-order valence-corrected chi connectivity index (χ0v) is 33.2. The van der Waals surface area contributed by atoms with E-state index in [1.807, 2.05) is 29.2 Å². The van der Waals surface area contributed by atoms with E-state index < -0.39 is 24.3 Å². The van der Waals surface area contributed by atoms with Gasteiger partial charge in [-0.3, -0.25) is 9.59 Å². The third kappa shape index (κ3) is 8.83. The molecule has 4 aliphatic heterocycles. The molecule has 8 rings (SSSR count). The van der Waals surface area contributed by atoms with E-state index in [1.165, 1.54) is 7.11 Å². The predicted molar refractivity (Wildman–Crippen MR) is 216 cm³/mol. The fraction of sp³-hybridized carbons (Fsp3) is 0.488. The summed E-state index contributed by atoms with van der Waals surface area (Å²) in [6.07, 6.45) is 7.58. The van der Waals surface area contributed by atoms with Crippen molar-refractivity contribution in [2.45, 2.75) is 75.5 Å². The number of nitrogens with one attached hydrogen (secondary N) is 4. The summed E-state index contributed by atoms with van der Waals surface area (Å²) in [5.74, 6) is 0.942. The number of likely N-dealkylation sites (tertiary alicyclic amines) is 2. The monoisotopic (exact) mass is 808 g/mol. The second kappa shape index (κ2) is 18.0. The zero-order chi connectivity index (χ0) is 40.9. The van der Waals surface area contributed by atoms with Crippen LogP contribution in [0, 0.1) is 11.8 Å². The van der Waals surface area contributed by atoms with Crippen molar-refractivity contribution in [2.24, 2.45) is 11.8 Å². The molecular weight excluding hydrogens is 757 g/mol. The molecule has 0 saturated carbocycles. The Balaban J connectivity index is 0.913. The van der Waals surface area contributed by atoms with E-state index >= 15 is 0 Å². The summed E-state index contributed by atoms with van der Waals surface area (Å²) in [6.45, 7) is 3.27. The number of benzene rings is 2. The van der Waals surface area contributed by atoms with Crippen LogP contribution in [0.25, 0.3) is 33.6 Å². The quantitative estimate of drug-likeness (QED) is 0.126. The molecule has 4 amide bonds. The lowest BCUT2D eigenvalue weighted by Crippen LogP contribution is -2.53. The van der Waals surface area contributed by atoms with Crippen LogP contribution in [0.5, 0.6) is 0 Å². The number of H-pyrrole nitrogens is 2. The smallest absolute Gasteiger partial charge is 0.407 e. The first-order chi connectivity index (χ1) is 28.8. The number of methoxy groups -OCH3 is 1. The van der Waals surface area contributed by atoms with E-state index in [0.29, 0.717) is 71.0 Å². The van der Waals surface area contributed by atoms with Crippen molar-refractivity contribution in [1.29, 1.82) is 0 Å². The Labute approximate surface area is 342 Å². The summed E-state index contributed by atoms with van der Waals surface area (Å²) in [5.41, 5.74) is 5.70. The summed E-state index contributed by atoms with van der Waals surface area (Å²) < 4.78 is 15.8. The molecule has 0 spiro atoms. The molecular formula is C43H52N8O8. The maximum absolute atomic E-state index is 13.9. The fourth-order valence-electron chi connectivity index (χ4n) is 9.16. The molecule has 16 heteroatoms. The van der Waals surface area contributed by atoms with E-state index in [4.69, 9.17) is 19.2 Å². The molecule has 2 aromatic carbocycles. The van der Waals surface area contributed by atoms with Crippen LogP contribution in [-0.4, -0.2) is 118 Å². The number of ether oxygens (including phenoxy) is 3. The average Bonchev–Trinajstić information content (AvgIpc) is 4.12. The Hall–Kier alpha value is -5.74. The summed E-state index contributed by atoms with van der Waals surface area (Å²) in [6, 6.07) is 14.5. The number of aromatic nitrogens is 4. The number of rotatable bonds is 11. The topological polar surface area (TPSA) is 204 Å². The molecule has 2 unspecified atom stereocenters. The first-order valence-corrected chi connectivity index (χ1v) is 20.7. The van der Waals surface area contributed by atoms with Crippen LogP contribution < -0.4 is 10.6 Å². The van der Waals surface area contributed by atoms with Gasteiger partial charge in [0.1, 0.15) is 23.7 Å². The van der Waals surface area contributed by atoms with Crippen molar-refractivity contribution in [3.63, 3.8) is 0 Å². The number of alkyl carbamates (subject to hydrolysis) is 1. The Morgan fingerprint density at radius 1 is 0.661 bits per heavy atom. The molecule has 5 N–H and O–H groups in total. The van der Waals surface area contributed by atoms with Crippen molar-refractivity contribution in [1.82, 2.24) is 40.4 Å². The molecule has 4 saturated heterocycles. The SMILES string of the molecule is COC(=O)NC(C(=O)N1CCC[C@H]1c1ncc(-c2ccc(-c3ccc(-c4cnc([C@@H]5CCCN5C(=O)C(NC(=O)O)C5CCOCC5)[nH]4)cc3)cc2)[nH]1)C1CCOCC1. The van der Waals surface area contributed by atoms with Crippen LogP contribution in [0.4, 0.5) is 9.59 Å². The third-order valence-electron chi connectivity index (χ3n) is 12.4. The van der Waals surface area contributed by atoms with Gasteiger partial charge in [-0.2, -0.15) is 0 Å². The molecule has 312 valence electrons. The van der Waals surface area contributed by atoms with Crippen LogP contribution in [-0.2, 0) is 23.8 Å². The normalized spacial score (nSPS) is 21.2. The lowest BCUT2D eigenvalue weighted by atomic mass is 9.90. The zero-order valence-electron chi connectivity index (χ0n) is 33.2. The molecule has 4 aliphatic rings. The van der Waals surface area contributed by atoms with Crippen molar-refractivity contribution < 1.29 is 38.5 Å². The minimum atomic E-state index is -1.20. The minimum absolute atomic E-state index is 0.0312. The van der Waals surface area contributed by atoms with Crippen LogP contribution in [0.3, 0.4) is 0 Å². The number of hydrogen-bond acceptors (Lipinski definition) is 9. The Morgan fingerprint density at radius 3 is 1.47 bits per heavy atom. The summed E-state index contributed by atoms with van der Waals surface area (Å²) in [4.78, 5) is 71.6. The molecule has 59 heavy (non-hydrogen) atoms. The lowest BCUT2D eigenvalue weighted by Gasteiger charge is -2.34. The van der Waals surface area contributed by atoms with Crippen molar-refractivity contribution in [2.75, 3.05) is 46.6 Å². The predicted octanol–water partition coefficient (Wildman–Crippen LogP) is 5.67. The van der Waals surface area contributed by atoms with Gasteiger partial charge in [0.05, 0.1) is 43.0 Å². The molecule has 16 nitrogen and oxygen atoms in total. The number of hydrogen-bond donors (Lipinski definition) is 5. The maximum atomic E-state index is 13.9. The van der Waals surface area contributed by atoms with Gasteiger partial charge in [0.15, 0.2) is 0 Å². The van der Waals surface area contributed by atoms with Crippen LogP contribution in [0.15, 0.2) is 60.9 Å². The molecule has 4 aromatic rings. The first kappa shape index (κ1) is 40.1. The number of aromatic amines is 2. The second-order valence-corrected chi connectivity index (χ2v) is 15.8. The number of carbonyl (C=O) groups is 4. The number of nitrogens with zero attached hydrogens (tertiary/aromatic N) is 4. The summed E-state index contributed by atoms with van der Waals surface area (Å²) >= 11 is 0. The molecule has 0 bridgehead atoms. The van der Waals surface area contributed by atoms with E-state index in [1.54, 1.807) is 17.3 Å². The molecule has 6 heterocycles. The number of imidazole rings is 2. The Bertz CT molecular complexity index is 2090. The van der Waals surface area contributed by atoms with Gasteiger partial charge in [0.25, 0.3) is 0 Å². The molecule has 4 fully saturated rings. The summed E-state index contributed by atoms with van der Waals surface area (Å²) in [5, 5.41) is 14.8. The maximum Gasteiger partial charge on any atom is 0.407 e. The highest BCUT2D eigenvalue weighted by atomic mass is 16.5. The first-order valence-electron chi connectivity index (χ1n) is 20.7. The van der Waals surface area contributed by atoms with E-state index in [2.05, 4.69) is 49.9 Å². The fourth-order valence-corrected chi connectivity index (χ4v) is 9.16. The number of carboxylic acid groups (broad SMARTS) is 1. The second-order valence-electron chi connectivity index (χ2n) is 15.8. The minimum Gasteiger partial charge on any atom is -0.465 e. The van der Waals surface area contributed by atoms with Crippen molar-refractivity contribution >= 4 is 24.0 Å². The van der Waals surface area contributed by atoms with Crippen LogP contribution in [0.1, 0.15) is 75.1 Å². The third-order valence-corrected chi connectivity index (χ3v) is 12.4. The van der Waals surface area contributed by atoms with Gasteiger partial charge in [-0.1, -0.05) is 48.5 Å². The van der Waals surface area contributed by atoms with Crippen molar-refractivity contribution in [3.05, 3.63) is 72.6 Å². The van der Waals surface area contributed by atoms with Crippen LogP contribution >= 0.6 is 0 Å². The van der Waals surface area contributed by atoms with Gasteiger partial charge in [-0.05, 0) is 85.5 Å². The lowest BCUT2D eigenvalue weighted by molar-refractivity contribution is -0.137. The van der Waals surface area contributed by atoms with E-state index in [9.17, 15) is 24.3 Å². The number of carbonyl (C=O) groups excluding carboxylic acids is 3. The highest BCUT2D eigenvalue weighted by molar-refractivity contribution is 5.87. The Kier molecular flexibility index (Phi) is 12.2. The standard InChI is InChI=1S/C43H52N8O8/c1-57-43(56)49-37(31-16-22-59-23-17-31)41(53)51-19-3-5-35(51)39-45-25-33(47-39)29-12-8-27(9-13-29)26-6-10-28(11-7-26)32-24-44-38(46-32)34-4-2-18-50(34)40(52)36(48-42(54)55)30-14-20-58-21-15-30/h6-13,24-25,30-31,34-37,48H,2-5,14-23H2,1H3,(H,44,46)(H,45,47)(H,49,56)(H,54,55)/t34-,35-,36?,37?/m0/s1.